The number of nitrogens with zero attached hydrogens (tertiary/aromatic N) is 2. The summed E-state index contributed by atoms with van der Waals surface area (Å²) in [6.07, 6.45) is 1.42. The van der Waals surface area contributed by atoms with Crippen LogP contribution in [0.1, 0.15) is 15.9 Å². The molecule has 0 aliphatic carbocycles. The molecule has 104 valence electrons. The molecule has 0 fully saturated rings. The summed E-state index contributed by atoms with van der Waals surface area (Å²) in [6, 6.07) is 8.21. The van der Waals surface area contributed by atoms with Gasteiger partial charge in [0.1, 0.15) is 0 Å². The minimum absolute atomic E-state index is 0.219. The number of carbonyl (C=O) groups excluding carboxylic acids is 1. The maximum absolute atomic E-state index is 12.3. The van der Waals surface area contributed by atoms with E-state index >= 15 is 0 Å². The largest absolute Gasteiger partial charge is 0.338 e. The van der Waals surface area contributed by atoms with Crippen molar-refractivity contribution in [2.24, 2.45) is 0 Å². The molecule has 2 aromatic rings. The van der Waals surface area contributed by atoms with Crippen molar-refractivity contribution in [2.75, 3.05) is 5.88 Å². The Morgan fingerprint density at radius 1 is 1.20 bits per heavy atom. The SMILES string of the molecule is Cc1cn(CCCl)c(=O)n(C(=O)c2ccccc2)c1=O. The Morgan fingerprint density at radius 2 is 1.85 bits per heavy atom. The van der Waals surface area contributed by atoms with E-state index in [0.29, 0.717) is 10.1 Å². The second-order valence-corrected chi connectivity index (χ2v) is 4.67. The van der Waals surface area contributed by atoms with E-state index in [2.05, 4.69) is 0 Å². The summed E-state index contributed by atoms with van der Waals surface area (Å²) in [5.41, 5.74) is -0.668. The van der Waals surface area contributed by atoms with Crippen molar-refractivity contribution in [3.8, 4) is 0 Å². The van der Waals surface area contributed by atoms with Crippen LogP contribution < -0.4 is 11.2 Å². The molecule has 20 heavy (non-hydrogen) atoms. The van der Waals surface area contributed by atoms with Crippen molar-refractivity contribution in [1.82, 2.24) is 9.13 Å². The fourth-order valence-corrected chi connectivity index (χ4v) is 2.06. The number of hydrogen-bond donors (Lipinski definition) is 0. The third-order valence-electron chi connectivity index (χ3n) is 2.88. The van der Waals surface area contributed by atoms with E-state index in [-0.39, 0.29) is 18.0 Å². The third kappa shape index (κ3) is 2.58. The van der Waals surface area contributed by atoms with Crippen LogP contribution in [-0.2, 0) is 6.54 Å². The van der Waals surface area contributed by atoms with Crippen molar-refractivity contribution in [3.05, 3.63) is 68.5 Å². The molecular formula is C14H13ClN2O3. The first-order chi connectivity index (χ1) is 9.56. The van der Waals surface area contributed by atoms with Crippen molar-refractivity contribution >= 4 is 17.5 Å². The number of aromatic nitrogens is 2. The van der Waals surface area contributed by atoms with Crippen LogP contribution in [0, 0.1) is 6.92 Å². The topological polar surface area (TPSA) is 61.1 Å². The molecule has 5 nitrogen and oxygen atoms in total. The summed E-state index contributed by atoms with van der Waals surface area (Å²) in [5, 5.41) is 0. The summed E-state index contributed by atoms with van der Waals surface area (Å²) < 4.78 is 1.92. The summed E-state index contributed by atoms with van der Waals surface area (Å²) in [7, 11) is 0. The molecule has 0 atom stereocenters. The van der Waals surface area contributed by atoms with Crippen molar-refractivity contribution in [3.63, 3.8) is 0 Å². The van der Waals surface area contributed by atoms with E-state index in [1.165, 1.54) is 10.8 Å². The summed E-state index contributed by atoms with van der Waals surface area (Å²) in [6.45, 7) is 1.80. The Labute approximate surface area is 120 Å². The zero-order valence-corrected chi connectivity index (χ0v) is 11.6. The molecule has 0 saturated carbocycles. The van der Waals surface area contributed by atoms with E-state index in [0.717, 1.165) is 0 Å². The van der Waals surface area contributed by atoms with Gasteiger partial charge in [0.2, 0.25) is 0 Å². The van der Waals surface area contributed by atoms with Gasteiger partial charge in [0, 0.05) is 29.7 Å². The molecule has 6 heteroatoms. The van der Waals surface area contributed by atoms with E-state index in [4.69, 9.17) is 11.6 Å². The van der Waals surface area contributed by atoms with Crippen molar-refractivity contribution < 1.29 is 4.79 Å². The average molecular weight is 293 g/mol. The maximum atomic E-state index is 12.3. The normalized spacial score (nSPS) is 10.5. The summed E-state index contributed by atoms with van der Waals surface area (Å²) >= 11 is 5.62. The highest BCUT2D eigenvalue weighted by atomic mass is 35.5. The summed E-state index contributed by atoms with van der Waals surface area (Å²) in [5.74, 6) is -0.413. The first-order valence-electron chi connectivity index (χ1n) is 6.05. The van der Waals surface area contributed by atoms with Crippen molar-refractivity contribution in [1.29, 1.82) is 0 Å². The lowest BCUT2D eigenvalue weighted by molar-refractivity contribution is 0.0948. The molecule has 0 unspecified atom stereocenters. The minimum atomic E-state index is -0.671. The van der Waals surface area contributed by atoms with Crippen LogP contribution in [0.5, 0.6) is 0 Å². The van der Waals surface area contributed by atoms with Gasteiger partial charge in [-0.2, -0.15) is 4.57 Å². The summed E-state index contributed by atoms with van der Waals surface area (Å²) in [4.78, 5) is 36.6. The zero-order chi connectivity index (χ0) is 14.7. The van der Waals surface area contributed by atoms with Gasteiger partial charge in [0.15, 0.2) is 0 Å². The zero-order valence-electron chi connectivity index (χ0n) is 10.9. The van der Waals surface area contributed by atoms with Crippen LogP contribution >= 0.6 is 11.6 Å². The van der Waals surface area contributed by atoms with Gasteiger partial charge in [-0.3, -0.25) is 14.2 Å². The molecule has 0 aliphatic rings. The minimum Gasteiger partial charge on any atom is -0.299 e. The molecule has 2 rings (SSSR count). The lowest BCUT2D eigenvalue weighted by Gasteiger charge is -2.09. The van der Waals surface area contributed by atoms with Gasteiger partial charge < -0.3 is 0 Å². The molecule has 0 bridgehead atoms. The van der Waals surface area contributed by atoms with Gasteiger partial charge >= 0.3 is 5.69 Å². The van der Waals surface area contributed by atoms with Crippen molar-refractivity contribution in [2.45, 2.75) is 13.5 Å². The second-order valence-electron chi connectivity index (χ2n) is 4.29. The Balaban J connectivity index is 2.65. The molecular weight excluding hydrogens is 280 g/mol. The number of carbonyl (C=O) groups is 1. The monoisotopic (exact) mass is 292 g/mol. The molecule has 0 amide bonds. The first-order valence-corrected chi connectivity index (χ1v) is 6.58. The van der Waals surface area contributed by atoms with Gasteiger partial charge in [-0.1, -0.05) is 18.2 Å². The number of alkyl halides is 1. The van der Waals surface area contributed by atoms with E-state index in [1.807, 2.05) is 0 Å². The molecule has 1 aromatic heterocycles. The third-order valence-corrected chi connectivity index (χ3v) is 3.05. The fraction of sp³-hybridized carbons (Fsp3) is 0.214. The highest BCUT2D eigenvalue weighted by Gasteiger charge is 2.16. The lowest BCUT2D eigenvalue weighted by atomic mass is 10.2. The van der Waals surface area contributed by atoms with Gasteiger partial charge in [0.05, 0.1) is 0 Å². The molecule has 0 spiro atoms. The van der Waals surface area contributed by atoms with Crippen LogP contribution in [0.15, 0.2) is 46.1 Å². The quantitative estimate of drug-likeness (QED) is 0.800. The van der Waals surface area contributed by atoms with Crippen LogP contribution in [0.4, 0.5) is 0 Å². The highest BCUT2D eigenvalue weighted by Crippen LogP contribution is 2.00. The maximum Gasteiger partial charge on any atom is 0.338 e. The van der Waals surface area contributed by atoms with Gasteiger partial charge in [-0.05, 0) is 19.1 Å². The Morgan fingerprint density at radius 3 is 2.45 bits per heavy atom. The van der Waals surface area contributed by atoms with E-state index in [9.17, 15) is 14.4 Å². The van der Waals surface area contributed by atoms with Gasteiger partial charge in [0.25, 0.3) is 11.5 Å². The van der Waals surface area contributed by atoms with Gasteiger partial charge in [-0.15, -0.1) is 11.6 Å². The molecule has 0 N–H and O–H groups in total. The number of hydrogen-bond acceptors (Lipinski definition) is 3. The number of aryl methyl sites for hydroxylation is 2. The molecule has 0 radical (unpaired) electrons. The van der Waals surface area contributed by atoms with Gasteiger partial charge in [-0.25, -0.2) is 4.79 Å². The van der Waals surface area contributed by atoms with Crippen LogP contribution in [0.25, 0.3) is 0 Å². The van der Waals surface area contributed by atoms with Crippen LogP contribution in [-0.4, -0.2) is 20.9 Å². The van der Waals surface area contributed by atoms with Crippen LogP contribution in [0.2, 0.25) is 0 Å². The average Bonchev–Trinajstić information content (AvgIpc) is 2.46. The lowest BCUT2D eigenvalue weighted by Crippen LogP contribution is -2.44. The second kappa shape index (κ2) is 5.88. The van der Waals surface area contributed by atoms with E-state index < -0.39 is 17.2 Å². The molecule has 1 aromatic carbocycles. The fourth-order valence-electron chi connectivity index (χ4n) is 1.88. The van der Waals surface area contributed by atoms with Crippen LogP contribution in [0.3, 0.4) is 0 Å². The first kappa shape index (κ1) is 14.3. The van der Waals surface area contributed by atoms with E-state index in [1.54, 1.807) is 37.3 Å². The number of benzene rings is 1. The Hall–Kier alpha value is -2.14. The highest BCUT2D eigenvalue weighted by molar-refractivity contribution is 6.17. The Bertz CT molecular complexity index is 747. The predicted octanol–water partition coefficient (Wildman–Crippen LogP) is 1.25. The standard InChI is InChI=1S/C14H13ClN2O3/c1-10-9-16(8-7-15)14(20)17(12(10)18)13(19)11-5-3-2-4-6-11/h2-6,9H,7-8H2,1H3. The number of rotatable bonds is 3. The number of halogens is 1. The smallest absolute Gasteiger partial charge is 0.299 e. The predicted molar refractivity (Wildman–Crippen MR) is 76.6 cm³/mol. The molecule has 1 heterocycles. The molecule has 0 aliphatic heterocycles. The molecule has 0 saturated heterocycles. The Kier molecular flexibility index (Phi) is 4.20.